The number of nitrogens with one attached hydrogen (secondary N) is 2. The van der Waals surface area contributed by atoms with Crippen LogP contribution in [0.15, 0.2) is 12.5 Å². The van der Waals surface area contributed by atoms with Gasteiger partial charge < -0.3 is 20.5 Å². The maximum absolute atomic E-state index is 9.45. The Kier molecular flexibility index (Phi) is 3.21. The number of aromatic amines is 1. The quantitative estimate of drug-likeness (QED) is 0.469. The number of likely N-dealkylation sites (N-methyl/N-ethyl adjacent to an activating group) is 1. The lowest BCUT2D eigenvalue weighted by molar-refractivity contribution is 0.0179. The van der Waals surface area contributed by atoms with Gasteiger partial charge in [-0.1, -0.05) is 0 Å². The van der Waals surface area contributed by atoms with Crippen LogP contribution in [-0.2, 0) is 0 Å². The molecule has 0 aromatic carbocycles. The minimum absolute atomic E-state index is 0.347. The van der Waals surface area contributed by atoms with Crippen LogP contribution in [-0.4, -0.2) is 39.9 Å². The van der Waals surface area contributed by atoms with Crippen LogP contribution in [0, 0.1) is 0 Å². The Morgan fingerprint density at radius 2 is 2.42 bits per heavy atom. The van der Waals surface area contributed by atoms with E-state index < -0.39 is 12.2 Å². The molecule has 1 aromatic rings. The van der Waals surface area contributed by atoms with Crippen molar-refractivity contribution in [3.63, 3.8) is 0 Å². The summed E-state index contributed by atoms with van der Waals surface area (Å²) in [6.45, 7) is 0.347. The number of rotatable bonds is 4. The summed E-state index contributed by atoms with van der Waals surface area (Å²) in [5.74, 6) is 0. The predicted octanol–water partition coefficient (Wildman–Crippen LogP) is -0.977. The van der Waals surface area contributed by atoms with Crippen molar-refractivity contribution < 1.29 is 10.2 Å². The average Bonchev–Trinajstić information content (AvgIpc) is 2.55. The second-order valence-corrected chi connectivity index (χ2v) is 2.58. The topological polar surface area (TPSA) is 81.2 Å². The predicted molar refractivity (Wildman–Crippen MR) is 43.5 cm³/mol. The van der Waals surface area contributed by atoms with Crippen LogP contribution in [0.2, 0.25) is 0 Å². The first kappa shape index (κ1) is 9.18. The second-order valence-electron chi connectivity index (χ2n) is 2.58. The van der Waals surface area contributed by atoms with Gasteiger partial charge in [-0.2, -0.15) is 0 Å². The third kappa shape index (κ3) is 2.04. The van der Waals surface area contributed by atoms with Gasteiger partial charge in [-0.25, -0.2) is 4.98 Å². The van der Waals surface area contributed by atoms with Gasteiger partial charge in [0.2, 0.25) is 0 Å². The first-order valence-corrected chi connectivity index (χ1v) is 3.74. The van der Waals surface area contributed by atoms with Crippen LogP contribution in [0.1, 0.15) is 11.8 Å². The van der Waals surface area contributed by atoms with Crippen LogP contribution in [0.25, 0.3) is 0 Å². The Hall–Kier alpha value is -0.910. The first-order chi connectivity index (χ1) is 5.75. The van der Waals surface area contributed by atoms with E-state index in [1.165, 1.54) is 12.5 Å². The van der Waals surface area contributed by atoms with Crippen molar-refractivity contribution in [2.75, 3.05) is 13.6 Å². The molecular formula is C7H13N3O2. The minimum Gasteiger partial charge on any atom is -0.389 e. The zero-order chi connectivity index (χ0) is 8.97. The molecule has 2 unspecified atom stereocenters. The van der Waals surface area contributed by atoms with E-state index >= 15 is 0 Å². The molecule has 1 aromatic heterocycles. The fourth-order valence-corrected chi connectivity index (χ4v) is 0.956. The molecule has 12 heavy (non-hydrogen) atoms. The van der Waals surface area contributed by atoms with E-state index in [4.69, 9.17) is 0 Å². The van der Waals surface area contributed by atoms with Gasteiger partial charge in [-0.15, -0.1) is 0 Å². The van der Waals surface area contributed by atoms with Gasteiger partial charge in [0.25, 0.3) is 0 Å². The molecule has 4 N–H and O–H groups in total. The van der Waals surface area contributed by atoms with Crippen molar-refractivity contribution in [2.45, 2.75) is 12.2 Å². The van der Waals surface area contributed by atoms with E-state index in [1.54, 1.807) is 7.05 Å². The Balaban J connectivity index is 2.53. The molecule has 0 aliphatic heterocycles. The molecule has 0 aliphatic carbocycles. The monoisotopic (exact) mass is 171 g/mol. The highest BCUT2D eigenvalue weighted by molar-refractivity contribution is 5.01. The lowest BCUT2D eigenvalue weighted by Gasteiger charge is -2.15. The van der Waals surface area contributed by atoms with Gasteiger partial charge in [0, 0.05) is 6.54 Å². The van der Waals surface area contributed by atoms with Gasteiger partial charge >= 0.3 is 0 Å². The summed E-state index contributed by atoms with van der Waals surface area (Å²) in [6.07, 6.45) is 1.24. The highest BCUT2D eigenvalue weighted by atomic mass is 16.3. The van der Waals surface area contributed by atoms with Gasteiger partial charge in [0.1, 0.15) is 6.10 Å². The fourth-order valence-electron chi connectivity index (χ4n) is 0.956. The molecular weight excluding hydrogens is 158 g/mol. The molecule has 0 saturated carbocycles. The summed E-state index contributed by atoms with van der Waals surface area (Å²) < 4.78 is 0. The maximum Gasteiger partial charge on any atom is 0.122 e. The Bertz CT molecular complexity index is 212. The number of aromatic nitrogens is 2. The normalized spacial score (nSPS) is 15.9. The molecule has 1 heterocycles. The lowest BCUT2D eigenvalue weighted by atomic mass is 10.1. The maximum atomic E-state index is 9.45. The molecule has 68 valence electrons. The minimum atomic E-state index is -0.903. The SMILES string of the molecule is CNCC(O)C(O)c1cnc[nH]1. The summed E-state index contributed by atoms with van der Waals surface area (Å²) in [5.41, 5.74) is 0.526. The highest BCUT2D eigenvalue weighted by Crippen LogP contribution is 2.12. The summed E-state index contributed by atoms with van der Waals surface area (Å²) >= 11 is 0. The molecule has 2 atom stereocenters. The number of nitrogens with zero attached hydrogens (tertiary/aromatic N) is 1. The van der Waals surface area contributed by atoms with Crippen molar-refractivity contribution >= 4 is 0 Å². The second kappa shape index (κ2) is 4.20. The van der Waals surface area contributed by atoms with Crippen LogP contribution in [0.4, 0.5) is 0 Å². The van der Waals surface area contributed by atoms with E-state index in [0.29, 0.717) is 12.2 Å². The zero-order valence-corrected chi connectivity index (χ0v) is 6.86. The third-order valence-electron chi connectivity index (χ3n) is 1.62. The van der Waals surface area contributed by atoms with Crippen LogP contribution in [0.3, 0.4) is 0 Å². The van der Waals surface area contributed by atoms with Crippen molar-refractivity contribution in [1.29, 1.82) is 0 Å². The van der Waals surface area contributed by atoms with Crippen molar-refractivity contribution in [1.82, 2.24) is 15.3 Å². The molecule has 0 saturated heterocycles. The molecule has 0 spiro atoms. The highest BCUT2D eigenvalue weighted by Gasteiger charge is 2.18. The van der Waals surface area contributed by atoms with Gasteiger partial charge in [-0.3, -0.25) is 0 Å². The van der Waals surface area contributed by atoms with Crippen molar-refractivity contribution in [3.8, 4) is 0 Å². The van der Waals surface area contributed by atoms with E-state index in [9.17, 15) is 10.2 Å². The van der Waals surface area contributed by atoms with Crippen LogP contribution in [0.5, 0.6) is 0 Å². The van der Waals surface area contributed by atoms with E-state index in [-0.39, 0.29) is 0 Å². The summed E-state index contributed by atoms with van der Waals surface area (Å²) in [7, 11) is 1.71. The molecule has 5 nitrogen and oxygen atoms in total. The van der Waals surface area contributed by atoms with Crippen LogP contribution >= 0.6 is 0 Å². The van der Waals surface area contributed by atoms with E-state index in [0.717, 1.165) is 0 Å². The number of H-pyrrole nitrogens is 1. The molecule has 0 bridgehead atoms. The number of imidazole rings is 1. The molecule has 0 radical (unpaired) electrons. The summed E-state index contributed by atoms with van der Waals surface area (Å²) in [5, 5.41) is 21.5. The first-order valence-electron chi connectivity index (χ1n) is 3.74. The third-order valence-corrected chi connectivity index (χ3v) is 1.62. The molecule has 0 amide bonds. The van der Waals surface area contributed by atoms with Gasteiger partial charge in [0.15, 0.2) is 0 Å². The fraction of sp³-hybridized carbons (Fsp3) is 0.571. The zero-order valence-electron chi connectivity index (χ0n) is 6.86. The Morgan fingerprint density at radius 3 is 2.92 bits per heavy atom. The standard InChI is InChI=1S/C7H13N3O2/c1-8-3-6(11)7(12)5-2-9-4-10-5/h2,4,6-8,11-12H,3H2,1H3,(H,9,10). The number of aliphatic hydroxyl groups is 2. The average molecular weight is 171 g/mol. The summed E-state index contributed by atoms with van der Waals surface area (Å²) in [4.78, 5) is 6.47. The summed E-state index contributed by atoms with van der Waals surface area (Å²) in [6, 6.07) is 0. The van der Waals surface area contributed by atoms with Crippen LogP contribution < -0.4 is 5.32 Å². The largest absolute Gasteiger partial charge is 0.389 e. The lowest BCUT2D eigenvalue weighted by Crippen LogP contribution is -2.29. The Labute approximate surface area is 70.5 Å². The number of hydrogen-bond donors (Lipinski definition) is 4. The molecule has 0 fully saturated rings. The molecule has 1 rings (SSSR count). The number of hydrogen-bond acceptors (Lipinski definition) is 4. The molecule has 5 heteroatoms. The van der Waals surface area contributed by atoms with Gasteiger partial charge in [0.05, 0.1) is 24.3 Å². The van der Waals surface area contributed by atoms with Crippen molar-refractivity contribution in [2.24, 2.45) is 0 Å². The van der Waals surface area contributed by atoms with E-state index in [1.807, 2.05) is 0 Å². The number of aliphatic hydroxyl groups excluding tert-OH is 2. The van der Waals surface area contributed by atoms with Gasteiger partial charge in [-0.05, 0) is 7.05 Å². The van der Waals surface area contributed by atoms with E-state index in [2.05, 4.69) is 15.3 Å². The Morgan fingerprint density at radius 1 is 1.67 bits per heavy atom. The molecule has 0 aliphatic rings. The smallest absolute Gasteiger partial charge is 0.122 e. The van der Waals surface area contributed by atoms with Crippen molar-refractivity contribution in [3.05, 3.63) is 18.2 Å².